The van der Waals surface area contributed by atoms with Gasteiger partial charge in [0.05, 0.1) is 6.07 Å². The molecule has 0 aromatic rings. The molecule has 0 spiro atoms. The SMILES string of the molecule is CCC1=C[C@@H]2[C@H](C1)C[C@@]2(C#N)C[N+](=O)[O-]. The van der Waals surface area contributed by atoms with Crippen LogP contribution in [0.5, 0.6) is 0 Å². The van der Waals surface area contributed by atoms with Crippen molar-refractivity contribution >= 4 is 0 Å². The van der Waals surface area contributed by atoms with E-state index in [1.165, 1.54) is 5.57 Å². The maximum absolute atomic E-state index is 10.5. The summed E-state index contributed by atoms with van der Waals surface area (Å²) in [5, 5.41) is 19.6. The highest BCUT2D eigenvalue weighted by molar-refractivity contribution is 5.27. The monoisotopic (exact) mass is 206 g/mol. The summed E-state index contributed by atoms with van der Waals surface area (Å²) in [7, 11) is 0. The van der Waals surface area contributed by atoms with Crippen LogP contribution >= 0.6 is 0 Å². The van der Waals surface area contributed by atoms with Gasteiger partial charge in [-0.2, -0.15) is 5.26 Å². The van der Waals surface area contributed by atoms with Crippen molar-refractivity contribution in [1.82, 2.24) is 0 Å². The molecule has 0 aromatic heterocycles. The lowest BCUT2D eigenvalue weighted by Crippen LogP contribution is -2.48. The molecule has 0 radical (unpaired) electrons. The summed E-state index contributed by atoms with van der Waals surface area (Å²) in [4.78, 5) is 10.2. The highest BCUT2D eigenvalue weighted by Crippen LogP contribution is 2.58. The molecule has 0 aliphatic heterocycles. The molecule has 0 saturated heterocycles. The van der Waals surface area contributed by atoms with E-state index in [9.17, 15) is 10.1 Å². The Morgan fingerprint density at radius 3 is 3.07 bits per heavy atom. The number of hydrogen-bond donors (Lipinski definition) is 0. The van der Waals surface area contributed by atoms with Crippen molar-refractivity contribution in [1.29, 1.82) is 5.26 Å². The first-order valence-corrected chi connectivity index (χ1v) is 5.34. The molecular formula is C11H14N2O2. The quantitative estimate of drug-likeness (QED) is 0.403. The number of hydrogen-bond acceptors (Lipinski definition) is 3. The maximum atomic E-state index is 10.5. The fourth-order valence-electron chi connectivity index (χ4n) is 2.99. The van der Waals surface area contributed by atoms with Gasteiger partial charge in [0.2, 0.25) is 6.54 Å². The number of rotatable bonds is 3. The third-order valence-corrected chi connectivity index (χ3v) is 3.80. The number of fused-ring (bicyclic) bond motifs is 1. The first-order chi connectivity index (χ1) is 7.11. The van der Waals surface area contributed by atoms with Crippen LogP contribution in [0.1, 0.15) is 26.2 Å². The Morgan fingerprint density at radius 1 is 1.80 bits per heavy atom. The van der Waals surface area contributed by atoms with Crippen LogP contribution < -0.4 is 0 Å². The summed E-state index contributed by atoms with van der Waals surface area (Å²) in [5.41, 5.74) is 0.663. The zero-order valence-corrected chi connectivity index (χ0v) is 8.77. The predicted molar refractivity (Wildman–Crippen MR) is 54.5 cm³/mol. The fraction of sp³-hybridized carbons (Fsp3) is 0.727. The zero-order chi connectivity index (χ0) is 11.1. The number of nitriles is 1. The number of nitrogens with zero attached hydrogens (tertiary/aromatic N) is 2. The van der Waals surface area contributed by atoms with Crippen LogP contribution in [-0.4, -0.2) is 11.5 Å². The normalized spacial score (nSPS) is 37.5. The summed E-state index contributed by atoms with van der Waals surface area (Å²) >= 11 is 0. The molecule has 3 atom stereocenters. The highest BCUT2D eigenvalue weighted by Gasteiger charge is 2.58. The first-order valence-electron chi connectivity index (χ1n) is 5.34. The summed E-state index contributed by atoms with van der Waals surface area (Å²) < 4.78 is 0. The minimum absolute atomic E-state index is 0.142. The lowest BCUT2D eigenvalue weighted by atomic mass is 9.55. The Kier molecular flexibility index (Phi) is 2.26. The fourth-order valence-corrected chi connectivity index (χ4v) is 2.99. The van der Waals surface area contributed by atoms with Crippen LogP contribution in [0.2, 0.25) is 0 Å². The van der Waals surface area contributed by atoms with E-state index in [0.29, 0.717) is 12.3 Å². The van der Waals surface area contributed by atoms with Gasteiger partial charge in [0.15, 0.2) is 0 Å². The third kappa shape index (κ3) is 1.43. The van der Waals surface area contributed by atoms with E-state index in [2.05, 4.69) is 19.1 Å². The number of nitro groups is 1. The molecular weight excluding hydrogens is 192 g/mol. The van der Waals surface area contributed by atoms with Crippen molar-refractivity contribution < 1.29 is 4.92 Å². The first kappa shape index (κ1) is 10.2. The minimum atomic E-state index is -0.703. The Bertz CT molecular complexity index is 369. The number of allylic oxidation sites excluding steroid dienone is 2. The van der Waals surface area contributed by atoms with Crippen molar-refractivity contribution in [3.8, 4) is 6.07 Å². The van der Waals surface area contributed by atoms with Crippen molar-refractivity contribution in [3.05, 3.63) is 21.8 Å². The molecule has 1 fully saturated rings. The Morgan fingerprint density at radius 2 is 2.53 bits per heavy atom. The zero-order valence-electron chi connectivity index (χ0n) is 8.77. The van der Waals surface area contributed by atoms with E-state index in [1.807, 2.05) is 0 Å². The molecule has 4 nitrogen and oxygen atoms in total. The van der Waals surface area contributed by atoms with Crippen molar-refractivity contribution in [2.24, 2.45) is 17.3 Å². The molecule has 80 valence electrons. The average Bonchev–Trinajstić information content (AvgIpc) is 2.53. The minimum Gasteiger partial charge on any atom is -0.264 e. The maximum Gasteiger partial charge on any atom is 0.222 e. The lowest BCUT2D eigenvalue weighted by Gasteiger charge is -2.44. The molecule has 2 aliphatic rings. The molecule has 2 rings (SSSR count). The topological polar surface area (TPSA) is 66.9 Å². The molecule has 0 amide bonds. The predicted octanol–water partition coefficient (Wildman–Crippen LogP) is 2.15. The lowest BCUT2D eigenvalue weighted by molar-refractivity contribution is -0.501. The van der Waals surface area contributed by atoms with Gasteiger partial charge in [-0.15, -0.1) is 0 Å². The van der Waals surface area contributed by atoms with Gasteiger partial charge in [-0.3, -0.25) is 10.1 Å². The summed E-state index contributed by atoms with van der Waals surface area (Å²) in [6.07, 6.45) is 4.87. The van der Waals surface area contributed by atoms with E-state index < -0.39 is 5.41 Å². The van der Waals surface area contributed by atoms with Crippen LogP contribution in [0.15, 0.2) is 11.6 Å². The second-order valence-corrected chi connectivity index (χ2v) is 4.63. The van der Waals surface area contributed by atoms with Gasteiger partial charge in [0.25, 0.3) is 0 Å². The van der Waals surface area contributed by atoms with E-state index >= 15 is 0 Å². The third-order valence-electron chi connectivity index (χ3n) is 3.80. The molecule has 0 unspecified atom stereocenters. The van der Waals surface area contributed by atoms with E-state index in [4.69, 9.17) is 5.26 Å². The summed E-state index contributed by atoms with van der Waals surface area (Å²) in [6.45, 7) is 1.90. The molecule has 0 bridgehead atoms. The molecule has 0 heterocycles. The van der Waals surface area contributed by atoms with Gasteiger partial charge in [-0.25, -0.2) is 0 Å². The van der Waals surface area contributed by atoms with Crippen LogP contribution in [0.3, 0.4) is 0 Å². The van der Waals surface area contributed by atoms with Crippen molar-refractivity contribution in [3.63, 3.8) is 0 Å². The van der Waals surface area contributed by atoms with Gasteiger partial charge >= 0.3 is 0 Å². The van der Waals surface area contributed by atoms with Crippen molar-refractivity contribution in [2.45, 2.75) is 26.2 Å². The van der Waals surface area contributed by atoms with Gasteiger partial charge in [0, 0.05) is 10.8 Å². The van der Waals surface area contributed by atoms with Gasteiger partial charge < -0.3 is 0 Å². The molecule has 0 N–H and O–H groups in total. The smallest absolute Gasteiger partial charge is 0.222 e. The second-order valence-electron chi connectivity index (χ2n) is 4.63. The van der Waals surface area contributed by atoms with Crippen LogP contribution in [0, 0.1) is 38.7 Å². The molecule has 1 saturated carbocycles. The Balaban J connectivity index is 2.16. The van der Waals surface area contributed by atoms with Crippen LogP contribution in [-0.2, 0) is 0 Å². The van der Waals surface area contributed by atoms with Gasteiger partial charge in [-0.1, -0.05) is 18.6 Å². The average molecular weight is 206 g/mol. The molecule has 4 heteroatoms. The summed E-state index contributed by atoms with van der Waals surface area (Å²) in [5.74, 6) is 0.641. The molecule has 15 heavy (non-hydrogen) atoms. The Labute approximate surface area is 88.7 Å². The summed E-state index contributed by atoms with van der Waals surface area (Å²) in [6, 6.07) is 2.18. The van der Waals surface area contributed by atoms with E-state index in [-0.39, 0.29) is 17.4 Å². The standard InChI is InChI=1S/C11H14N2O2/c1-2-8-3-9-5-11(6-12,7-13(14)15)10(9)4-8/h4,9-10H,2-3,5,7H2,1H3/t9-,10-,11-/m1/s1. The Hall–Kier alpha value is -1.37. The second kappa shape index (κ2) is 3.34. The van der Waals surface area contributed by atoms with Crippen LogP contribution in [0.25, 0.3) is 0 Å². The largest absolute Gasteiger partial charge is 0.264 e. The van der Waals surface area contributed by atoms with E-state index in [0.717, 1.165) is 12.8 Å². The molecule has 0 aromatic carbocycles. The van der Waals surface area contributed by atoms with Crippen LogP contribution in [0.4, 0.5) is 0 Å². The van der Waals surface area contributed by atoms with Gasteiger partial charge in [-0.05, 0) is 25.2 Å². The van der Waals surface area contributed by atoms with E-state index in [1.54, 1.807) is 0 Å². The molecule has 2 aliphatic carbocycles. The highest BCUT2D eigenvalue weighted by atomic mass is 16.6. The van der Waals surface area contributed by atoms with Gasteiger partial charge in [0.1, 0.15) is 5.41 Å². The van der Waals surface area contributed by atoms with Crippen molar-refractivity contribution in [2.75, 3.05) is 6.54 Å².